The summed E-state index contributed by atoms with van der Waals surface area (Å²) in [6.45, 7) is 9.54. The average molecular weight is 322 g/mol. The number of hydrogen-bond acceptors (Lipinski definition) is 1. The van der Waals surface area contributed by atoms with Crippen molar-refractivity contribution in [3.63, 3.8) is 0 Å². The van der Waals surface area contributed by atoms with Crippen LogP contribution in [0.25, 0.3) is 16.3 Å². The fourth-order valence-electron chi connectivity index (χ4n) is 2.76. The normalized spacial score (nSPS) is 12.9. The minimum Gasteiger partial charge on any atom is -0.501 e. The summed E-state index contributed by atoms with van der Waals surface area (Å²) in [6.07, 6.45) is 7.75. The first-order chi connectivity index (χ1) is 11.6. The minimum absolute atomic E-state index is 0.704. The Morgan fingerprint density at radius 3 is 2.50 bits per heavy atom. The van der Waals surface area contributed by atoms with Crippen molar-refractivity contribution in [2.45, 2.75) is 47.0 Å². The second-order valence-corrected chi connectivity index (χ2v) is 6.99. The Labute approximate surface area is 147 Å². The molecule has 0 bridgehead atoms. The van der Waals surface area contributed by atoms with Crippen molar-refractivity contribution in [3.8, 4) is 0 Å². The van der Waals surface area contributed by atoms with E-state index in [4.69, 9.17) is 4.74 Å². The lowest BCUT2D eigenvalue weighted by atomic mass is 10.0. The van der Waals surface area contributed by atoms with Gasteiger partial charge < -0.3 is 4.74 Å². The van der Waals surface area contributed by atoms with Gasteiger partial charge in [0.25, 0.3) is 0 Å². The van der Waals surface area contributed by atoms with Gasteiger partial charge in [0, 0.05) is 0 Å². The number of fused-ring (bicyclic) bond motifs is 1. The van der Waals surface area contributed by atoms with Gasteiger partial charge in [-0.2, -0.15) is 0 Å². The fourth-order valence-corrected chi connectivity index (χ4v) is 2.76. The van der Waals surface area contributed by atoms with Crippen molar-refractivity contribution in [3.05, 3.63) is 65.9 Å². The van der Waals surface area contributed by atoms with E-state index in [0.29, 0.717) is 5.92 Å². The molecule has 2 rings (SSSR count). The van der Waals surface area contributed by atoms with Gasteiger partial charge in [-0.05, 0) is 73.9 Å². The van der Waals surface area contributed by atoms with Crippen LogP contribution in [-0.2, 0) is 4.74 Å². The Morgan fingerprint density at radius 1 is 1.00 bits per heavy atom. The monoisotopic (exact) mass is 322 g/mol. The first-order valence-electron chi connectivity index (χ1n) is 8.97. The molecule has 128 valence electrons. The highest BCUT2D eigenvalue weighted by Gasteiger charge is 2.02. The molecule has 0 aliphatic heterocycles. The molecule has 0 unspecified atom stereocenters. The quantitative estimate of drug-likeness (QED) is 0.289. The molecule has 0 spiro atoms. The lowest BCUT2D eigenvalue weighted by molar-refractivity contribution is 0.224. The highest BCUT2D eigenvalue weighted by molar-refractivity contribution is 5.85. The van der Waals surface area contributed by atoms with E-state index in [1.807, 2.05) is 6.26 Å². The molecule has 1 nitrogen and oxygen atoms in total. The van der Waals surface area contributed by atoms with Gasteiger partial charge in [-0.25, -0.2) is 0 Å². The first kappa shape index (κ1) is 18.3. The summed E-state index contributed by atoms with van der Waals surface area (Å²) in [5.74, 6) is 0.704. The van der Waals surface area contributed by atoms with Crippen molar-refractivity contribution in [1.82, 2.24) is 0 Å². The number of rotatable bonds is 8. The highest BCUT2D eigenvalue weighted by atomic mass is 16.5. The van der Waals surface area contributed by atoms with Crippen LogP contribution in [0.4, 0.5) is 0 Å². The van der Waals surface area contributed by atoms with E-state index in [1.165, 1.54) is 40.3 Å². The lowest BCUT2D eigenvalue weighted by Crippen LogP contribution is -1.99. The van der Waals surface area contributed by atoms with Crippen molar-refractivity contribution in [1.29, 1.82) is 0 Å². The van der Waals surface area contributed by atoms with E-state index in [1.54, 1.807) is 0 Å². The zero-order valence-corrected chi connectivity index (χ0v) is 15.5. The first-order valence-corrected chi connectivity index (χ1v) is 8.97. The van der Waals surface area contributed by atoms with Gasteiger partial charge >= 0.3 is 0 Å². The van der Waals surface area contributed by atoms with Crippen LogP contribution in [-0.4, -0.2) is 6.61 Å². The van der Waals surface area contributed by atoms with Gasteiger partial charge in [-0.1, -0.05) is 55.0 Å². The number of benzene rings is 2. The summed E-state index contributed by atoms with van der Waals surface area (Å²) in [5.41, 5.74) is 3.82. The standard InChI is InChI=1S/C23H30O/c1-18(2)8-7-9-19(3)14-15-24-17-20(4)22-13-12-21-10-5-6-11-23(21)16-22/h5-6,8,10-13,16-17,19H,7,9,14-15H2,1-4H3/t19-/m0/s1. The molecule has 2 aromatic carbocycles. The van der Waals surface area contributed by atoms with E-state index in [0.717, 1.165) is 13.0 Å². The van der Waals surface area contributed by atoms with Gasteiger partial charge in [0.05, 0.1) is 12.9 Å². The van der Waals surface area contributed by atoms with Crippen LogP contribution in [0, 0.1) is 5.92 Å². The maximum Gasteiger partial charge on any atom is 0.0876 e. The summed E-state index contributed by atoms with van der Waals surface area (Å²) < 4.78 is 5.78. The number of ether oxygens (including phenoxy) is 1. The van der Waals surface area contributed by atoms with Crippen molar-refractivity contribution >= 4 is 16.3 Å². The number of hydrogen-bond donors (Lipinski definition) is 0. The van der Waals surface area contributed by atoms with Crippen LogP contribution in [0.2, 0.25) is 0 Å². The largest absolute Gasteiger partial charge is 0.501 e. The van der Waals surface area contributed by atoms with Crippen LogP contribution >= 0.6 is 0 Å². The van der Waals surface area contributed by atoms with Gasteiger partial charge in [0.15, 0.2) is 0 Å². The van der Waals surface area contributed by atoms with Gasteiger partial charge in [0.1, 0.15) is 0 Å². The zero-order valence-electron chi connectivity index (χ0n) is 15.5. The summed E-state index contributed by atoms with van der Waals surface area (Å²) >= 11 is 0. The molecule has 0 radical (unpaired) electrons. The topological polar surface area (TPSA) is 9.23 Å². The van der Waals surface area contributed by atoms with Gasteiger partial charge in [-0.15, -0.1) is 0 Å². The van der Waals surface area contributed by atoms with Crippen LogP contribution in [0.5, 0.6) is 0 Å². The minimum atomic E-state index is 0.704. The molecule has 0 aromatic heterocycles. The molecular formula is C23H30O. The Kier molecular flexibility index (Phi) is 7.11. The molecule has 2 aromatic rings. The molecule has 0 heterocycles. The molecule has 1 atom stereocenters. The summed E-state index contributed by atoms with van der Waals surface area (Å²) in [7, 11) is 0. The molecule has 0 aliphatic rings. The van der Waals surface area contributed by atoms with E-state index >= 15 is 0 Å². The Balaban J connectivity index is 1.81. The number of allylic oxidation sites excluding steroid dienone is 3. The molecule has 0 saturated heterocycles. The van der Waals surface area contributed by atoms with Crippen LogP contribution in [0.1, 0.15) is 52.5 Å². The van der Waals surface area contributed by atoms with Crippen molar-refractivity contribution in [2.24, 2.45) is 5.92 Å². The molecular weight excluding hydrogens is 292 g/mol. The summed E-state index contributed by atoms with van der Waals surface area (Å²) in [4.78, 5) is 0. The predicted molar refractivity (Wildman–Crippen MR) is 106 cm³/mol. The maximum absolute atomic E-state index is 5.78. The van der Waals surface area contributed by atoms with E-state index in [-0.39, 0.29) is 0 Å². The van der Waals surface area contributed by atoms with Crippen molar-refractivity contribution < 1.29 is 4.74 Å². The summed E-state index contributed by atoms with van der Waals surface area (Å²) in [5, 5.41) is 2.55. The van der Waals surface area contributed by atoms with Gasteiger partial charge in [-0.3, -0.25) is 0 Å². The van der Waals surface area contributed by atoms with Crippen LogP contribution < -0.4 is 0 Å². The zero-order chi connectivity index (χ0) is 17.4. The Morgan fingerprint density at radius 2 is 1.75 bits per heavy atom. The highest BCUT2D eigenvalue weighted by Crippen LogP contribution is 2.21. The molecule has 0 N–H and O–H groups in total. The van der Waals surface area contributed by atoms with Crippen LogP contribution in [0.15, 0.2) is 60.4 Å². The third-order valence-corrected chi connectivity index (χ3v) is 4.41. The SMILES string of the molecule is CC(C)=CCC[C@H](C)CCOC=C(C)c1ccc2ccccc2c1. The molecule has 0 aliphatic carbocycles. The molecule has 0 saturated carbocycles. The van der Waals surface area contributed by atoms with Crippen LogP contribution in [0.3, 0.4) is 0 Å². The lowest BCUT2D eigenvalue weighted by Gasteiger charge is -2.10. The molecule has 24 heavy (non-hydrogen) atoms. The van der Waals surface area contributed by atoms with Gasteiger partial charge in [0.2, 0.25) is 0 Å². The third kappa shape index (κ3) is 5.88. The van der Waals surface area contributed by atoms with Crippen molar-refractivity contribution in [2.75, 3.05) is 6.61 Å². The second-order valence-electron chi connectivity index (χ2n) is 6.99. The smallest absolute Gasteiger partial charge is 0.0876 e. The van der Waals surface area contributed by atoms with E-state index in [9.17, 15) is 0 Å². The summed E-state index contributed by atoms with van der Waals surface area (Å²) in [6, 6.07) is 15.0. The molecule has 0 fully saturated rings. The second kappa shape index (κ2) is 9.32. The van der Waals surface area contributed by atoms with E-state index < -0.39 is 0 Å². The fraction of sp³-hybridized carbons (Fsp3) is 0.391. The predicted octanol–water partition coefficient (Wildman–Crippen LogP) is 6.99. The Bertz CT molecular complexity index is 705. The molecule has 1 heteroatoms. The maximum atomic E-state index is 5.78. The molecule has 0 amide bonds. The third-order valence-electron chi connectivity index (χ3n) is 4.41. The Hall–Kier alpha value is -2.02. The average Bonchev–Trinajstić information content (AvgIpc) is 2.57. The van der Waals surface area contributed by atoms with E-state index in [2.05, 4.69) is 76.2 Å².